The highest BCUT2D eigenvalue weighted by Crippen LogP contribution is 2.36. The molecule has 2 aromatic rings. The molecular weight excluding hydrogens is 295 g/mol. The molecule has 2 aromatic carbocycles. The molecule has 23 heavy (non-hydrogen) atoms. The summed E-state index contributed by atoms with van der Waals surface area (Å²) in [6, 6.07) is 11.3. The van der Waals surface area contributed by atoms with Crippen LogP contribution in [0.5, 0.6) is 0 Å². The van der Waals surface area contributed by atoms with Crippen LogP contribution in [-0.2, 0) is 9.59 Å². The number of carbonyl (C=O) groups is 2. The topological polar surface area (TPSA) is 49.4 Å². The Morgan fingerprint density at radius 3 is 2.57 bits per heavy atom. The summed E-state index contributed by atoms with van der Waals surface area (Å²) in [4.78, 5) is 25.7. The second kappa shape index (κ2) is 5.83. The molecule has 0 saturated heterocycles. The molecule has 1 aliphatic heterocycles. The molecule has 0 spiro atoms. The molecule has 1 heterocycles. The van der Waals surface area contributed by atoms with Gasteiger partial charge in [0.05, 0.1) is 6.04 Å². The number of amides is 2. The maximum atomic E-state index is 13.3. The van der Waals surface area contributed by atoms with Crippen LogP contribution in [-0.4, -0.2) is 23.3 Å². The van der Waals surface area contributed by atoms with E-state index in [4.69, 9.17) is 0 Å². The minimum atomic E-state index is -0.429. The quantitative estimate of drug-likeness (QED) is 0.880. The Bertz CT molecular complexity index is 771. The van der Waals surface area contributed by atoms with Crippen LogP contribution in [0.1, 0.15) is 29.7 Å². The van der Waals surface area contributed by atoms with E-state index in [-0.39, 0.29) is 24.2 Å². The fraction of sp³-hybridized carbons (Fsp3) is 0.222. The van der Waals surface area contributed by atoms with Gasteiger partial charge in [-0.15, -0.1) is 0 Å². The fourth-order valence-corrected chi connectivity index (χ4v) is 2.92. The van der Waals surface area contributed by atoms with Gasteiger partial charge in [0.15, 0.2) is 0 Å². The lowest BCUT2D eigenvalue weighted by Crippen LogP contribution is -2.37. The van der Waals surface area contributed by atoms with Gasteiger partial charge >= 0.3 is 0 Å². The van der Waals surface area contributed by atoms with Crippen LogP contribution >= 0.6 is 0 Å². The molecule has 1 N–H and O–H groups in total. The van der Waals surface area contributed by atoms with Gasteiger partial charge in [0.25, 0.3) is 0 Å². The predicted octanol–water partition coefficient (Wildman–Crippen LogP) is 3.02. The molecule has 4 nitrogen and oxygen atoms in total. The monoisotopic (exact) mass is 312 g/mol. The number of nitrogens with one attached hydrogen (secondary N) is 1. The molecule has 0 bridgehead atoms. The van der Waals surface area contributed by atoms with Gasteiger partial charge in [-0.3, -0.25) is 9.59 Å². The maximum Gasteiger partial charge on any atom is 0.244 e. The van der Waals surface area contributed by atoms with Gasteiger partial charge in [-0.25, -0.2) is 4.39 Å². The van der Waals surface area contributed by atoms with E-state index < -0.39 is 6.04 Å². The van der Waals surface area contributed by atoms with Gasteiger partial charge in [-0.1, -0.05) is 29.8 Å². The van der Waals surface area contributed by atoms with Gasteiger partial charge in [-0.2, -0.15) is 0 Å². The largest absolute Gasteiger partial charge is 0.324 e. The first kappa shape index (κ1) is 15.2. The first-order chi connectivity index (χ1) is 11.0. The normalized spacial score (nSPS) is 17.3. The Hall–Kier alpha value is -2.69. The Balaban J connectivity index is 2.21. The van der Waals surface area contributed by atoms with Crippen molar-refractivity contribution in [1.29, 1.82) is 0 Å². The van der Waals surface area contributed by atoms with E-state index in [0.29, 0.717) is 5.69 Å². The number of hydrogen-bond donors (Lipinski definition) is 1. The summed E-state index contributed by atoms with van der Waals surface area (Å²) in [5, 5.41) is 2.84. The van der Waals surface area contributed by atoms with Gasteiger partial charge in [-0.05, 0) is 30.7 Å². The average Bonchev–Trinajstić information content (AvgIpc) is 2.64. The minimum absolute atomic E-state index is 0.0366. The molecule has 118 valence electrons. The Labute approximate surface area is 133 Å². The van der Waals surface area contributed by atoms with E-state index >= 15 is 0 Å². The third-order valence-electron chi connectivity index (χ3n) is 3.99. The standard InChI is InChI=1S/C18H17FN2O2/c1-11-3-8-16-15(9-11)18(13-4-6-14(19)7-5-13)21(12(2)22)10-17(23)20-16/h3-9,18H,10H2,1-2H3,(H,20,23)/t18-/m1/s1. The Morgan fingerprint density at radius 1 is 1.22 bits per heavy atom. The van der Waals surface area contributed by atoms with E-state index in [0.717, 1.165) is 16.7 Å². The number of aryl methyl sites for hydroxylation is 1. The fourth-order valence-electron chi connectivity index (χ4n) is 2.92. The van der Waals surface area contributed by atoms with Crippen molar-refractivity contribution in [3.05, 3.63) is 65.0 Å². The van der Waals surface area contributed by atoms with Crippen LogP contribution in [0.25, 0.3) is 0 Å². The average molecular weight is 312 g/mol. The third-order valence-corrected chi connectivity index (χ3v) is 3.99. The summed E-state index contributed by atoms with van der Waals surface area (Å²) < 4.78 is 13.3. The summed E-state index contributed by atoms with van der Waals surface area (Å²) in [7, 11) is 0. The van der Waals surface area contributed by atoms with E-state index in [1.807, 2.05) is 25.1 Å². The van der Waals surface area contributed by atoms with E-state index in [2.05, 4.69) is 5.32 Å². The van der Waals surface area contributed by atoms with Crippen LogP contribution in [0.2, 0.25) is 0 Å². The third kappa shape index (κ3) is 2.95. The summed E-state index contributed by atoms with van der Waals surface area (Å²) in [5.74, 6) is -0.783. The summed E-state index contributed by atoms with van der Waals surface area (Å²) in [5.41, 5.74) is 3.30. The van der Waals surface area contributed by atoms with Crippen LogP contribution in [0, 0.1) is 12.7 Å². The number of halogens is 1. The zero-order chi connectivity index (χ0) is 16.6. The van der Waals surface area contributed by atoms with Crippen LogP contribution in [0.15, 0.2) is 42.5 Å². The molecule has 0 aliphatic carbocycles. The number of nitrogens with zero attached hydrogens (tertiary/aromatic N) is 1. The highest BCUT2D eigenvalue weighted by molar-refractivity contribution is 5.96. The van der Waals surface area contributed by atoms with Crippen LogP contribution in [0.3, 0.4) is 0 Å². The van der Waals surface area contributed by atoms with Crippen molar-refractivity contribution >= 4 is 17.5 Å². The molecule has 5 heteroatoms. The van der Waals surface area contributed by atoms with Gasteiger partial charge in [0, 0.05) is 18.2 Å². The van der Waals surface area contributed by atoms with Gasteiger partial charge in [0.1, 0.15) is 12.4 Å². The second-order valence-corrected chi connectivity index (χ2v) is 5.74. The molecule has 0 fully saturated rings. The second-order valence-electron chi connectivity index (χ2n) is 5.74. The minimum Gasteiger partial charge on any atom is -0.324 e. The maximum absolute atomic E-state index is 13.3. The Morgan fingerprint density at radius 2 is 1.91 bits per heavy atom. The Kier molecular flexibility index (Phi) is 3.86. The summed E-state index contributed by atoms with van der Waals surface area (Å²) in [6.07, 6.45) is 0. The van der Waals surface area contributed by atoms with Gasteiger partial charge in [0.2, 0.25) is 11.8 Å². The molecule has 0 radical (unpaired) electrons. The first-order valence-electron chi connectivity index (χ1n) is 7.39. The lowest BCUT2D eigenvalue weighted by Gasteiger charge is -2.29. The van der Waals surface area contributed by atoms with Crippen molar-refractivity contribution < 1.29 is 14.0 Å². The number of rotatable bonds is 1. The lowest BCUT2D eigenvalue weighted by molar-refractivity contribution is -0.134. The number of anilines is 1. The molecule has 0 aromatic heterocycles. The van der Waals surface area contributed by atoms with E-state index in [9.17, 15) is 14.0 Å². The lowest BCUT2D eigenvalue weighted by atomic mass is 9.94. The SMILES string of the molecule is CC(=O)N1CC(=O)Nc2ccc(C)cc2[C@H]1c1ccc(F)cc1. The number of carbonyl (C=O) groups excluding carboxylic acids is 2. The highest BCUT2D eigenvalue weighted by Gasteiger charge is 2.31. The predicted molar refractivity (Wildman–Crippen MR) is 85.4 cm³/mol. The molecule has 0 saturated carbocycles. The first-order valence-corrected chi connectivity index (χ1v) is 7.39. The number of hydrogen-bond acceptors (Lipinski definition) is 2. The number of fused-ring (bicyclic) bond motifs is 1. The zero-order valence-electron chi connectivity index (χ0n) is 13.0. The molecule has 1 atom stereocenters. The number of benzene rings is 2. The molecule has 3 rings (SSSR count). The van der Waals surface area contributed by atoms with Crippen molar-refractivity contribution in [3.63, 3.8) is 0 Å². The van der Waals surface area contributed by atoms with Crippen molar-refractivity contribution in [2.75, 3.05) is 11.9 Å². The van der Waals surface area contributed by atoms with Crippen molar-refractivity contribution in [2.45, 2.75) is 19.9 Å². The van der Waals surface area contributed by atoms with Crippen LogP contribution in [0.4, 0.5) is 10.1 Å². The highest BCUT2D eigenvalue weighted by atomic mass is 19.1. The smallest absolute Gasteiger partial charge is 0.244 e. The van der Waals surface area contributed by atoms with Crippen molar-refractivity contribution in [3.8, 4) is 0 Å². The van der Waals surface area contributed by atoms with E-state index in [1.165, 1.54) is 24.0 Å². The van der Waals surface area contributed by atoms with Crippen molar-refractivity contribution in [2.24, 2.45) is 0 Å². The molecule has 2 amide bonds. The summed E-state index contributed by atoms with van der Waals surface area (Å²) >= 11 is 0. The van der Waals surface area contributed by atoms with Crippen molar-refractivity contribution in [1.82, 2.24) is 4.90 Å². The zero-order valence-corrected chi connectivity index (χ0v) is 13.0. The molecular formula is C18H17FN2O2. The molecule has 0 unspecified atom stereocenters. The van der Waals surface area contributed by atoms with Gasteiger partial charge < -0.3 is 10.2 Å². The summed E-state index contributed by atoms with van der Waals surface area (Å²) in [6.45, 7) is 3.35. The van der Waals surface area contributed by atoms with Crippen LogP contribution < -0.4 is 5.32 Å². The van der Waals surface area contributed by atoms with E-state index in [1.54, 1.807) is 12.1 Å². The molecule has 1 aliphatic rings.